The summed E-state index contributed by atoms with van der Waals surface area (Å²) in [6, 6.07) is 0. The van der Waals surface area contributed by atoms with Gasteiger partial charge in [0, 0.05) is 0 Å². The van der Waals surface area contributed by atoms with Gasteiger partial charge in [-0.05, 0) is 121 Å². The van der Waals surface area contributed by atoms with Crippen molar-refractivity contribution < 1.29 is 0 Å². The molecule has 3 aliphatic carbocycles. The fourth-order valence-corrected chi connectivity index (χ4v) is 10.7. The maximum Gasteiger partial charge on any atom is -0.00275 e. The van der Waals surface area contributed by atoms with E-state index in [2.05, 4.69) is 108 Å². The Labute approximate surface area is 226 Å². The molecule has 0 amide bonds. The third kappa shape index (κ3) is 5.68. The average Bonchev–Trinajstić information content (AvgIpc) is 2.60. The van der Waals surface area contributed by atoms with E-state index in [-0.39, 0.29) is 0 Å². The molecule has 0 aromatic heterocycles. The highest BCUT2D eigenvalue weighted by molar-refractivity contribution is 5.57. The maximum absolute atomic E-state index is 4.02. The fourth-order valence-electron chi connectivity index (χ4n) is 10.7. The van der Waals surface area contributed by atoms with E-state index in [0.29, 0.717) is 32.5 Å². The first kappa shape index (κ1) is 29.5. The van der Waals surface area contributed by atoms with Crippen molar-refractivity contribution in [3.8, 4) is 0 Å². The highest BCUT2D eigenvalue weighted by Crippen LogP contribution is 2.70. The molecular formula is C36H60. The number of allylic oxidation sites excluding steroid dienone is 6. The summed E-state index contributed by atoms with van der Waals surface area (Å²) in [5, 5.41) is 0. The molecule has 0 bridgehead atoms. The van der Waals surface area contributed by atoms with Crippen molar-refractivity contribution in [1.82, 2.24) is 0 Å². The molecule has 0 spiro atoms. The van der Waals surface area contributed by atoms with Gasteiger partial charge in [-0.1, -0.05) is 92.5 Å². The van der Waals surface area contributed by atoms with Crippen LogP contribution >= 0.6 is 0 Å². The van der Waals surface area contributed by atoms with Crippen LogP contribution < -0.4 is 0 Å². The Hall–Kier alpha value is -1.04. The Kier molecular flexibility index (Phi) is 7.63. The Morgan fingerprint density at radius 3 is 1.69 bits per heavy atom. The normalized spacial score (nSPS) is 30.9. The standard InChI is InChI=1S/C36H60/c1-15-17-31(5,6)21-33(9,10)23-35(13)19-27-26(4)30-28(25(3)29(27)35)20-36(30,14)24-34(11,12)22-32(7,8)18-16-2/h15-16,27,29H,1-2,17-24H2,3-14H3. The van der Waals surface area contributed by atoms with E-state index < -0.39 is 0 Å². The van der Waals surface area contributed by atoms with Gasteiger partial charge >= 0.3 is 0 Å². The minimum absolute atomic E-state index is 0.323. The van der Waals surface area contributed by atoms with E-state index in [9.17, 15) is 0 Å². The molecule has 3 aliphatic rings. The van der Waals surface area contributed by atoms with Crippen LogP contribution in [0.3, 0.4) is 0 Å². The Balaban J connectivity index is 1.78. The van der Waals surface area contributed by atoms with E-state index in [1.165, 1.54) is 38.5 Å². The second-order valence-electron chi connectivity index (χ2n) is 17.2. The van der Waals surface area contributed by atoms with E-state index in [1.807, 2.05) is 0 Å². The smallest absolute Gasteiger partial charge is 0.00275 e. The topological polar surface area (TPSA) is 0 Å². The molecule has 0 aromatic carbocycles. The van der Waals surface area contributed by atoms with Crippen LogP contribution in [0.5, 0.6) is 0 Å². The molecule has 0 radical (unpaired) electrons. The second-order valence-corrected chi connectivity index (χ2v) is 17.2. The lowest BCUT2D eigenvalue weighted by Crippen LogP contribution is -2.54. The van der Waals surface area contributed by atoms with Gasteiger partial charge in [-0.15, -0.1) is 13.2 Å². The minimum Gasteiger partial charge on any atom is -0.103 e. The van der Waals surface area contributed by atoms with Crippen LogP contribution in [-0.4, -0.2) is 0 Å². The van der Waals surface area contributed by atoms with Gasteiger partial charge in [0.05, 0.1) is 0 Å². The van der Waals surface area contributed by atoms with Crippen LogP contribution in [0.25, 0.3) is 0 Å². The van der Waals surface area contributed by atoms with Gasteiger partial charge in [0.2, 0.25) is 0 Å². The first-order valence-corrected chi connectivity index (χ1v) is 14.8. The van der Waals surface area contributed by atoms with Crippen molar-refractivity contribution in [3.63, 3.8) is 0 Å². The van der Waals surface area contributed by atoms with Gasteiger partial charge in [-0.25, -0.2) is 0 Å². The van der Waals surface area contributed by atoms with Crippen LogP contribution in [0.1, 0.15) is 134 Å². The number of hydrogen-bond donors (Lipinski definition) is 0. The molecule has 4 atom stereocenters. The van der Waals surface area contributed by atoms with Gasteiger partial charge in [0.25, 0.3) is 0 Å². The molecule has 0 saturated heterocycles. The van der Waals surface area contributed by atoms with Gasteiger partial charge in [-0.2, -0.15) is 0 Å². The molecule has 2 fully saturated rings. The molecule has 0 aromatic rings. The van der Waals surface area contributed by atoms with Crippen molar-refractivity contribution in [1.29, 1.82) is 0 Å². The zero-order chi connectivity index (χ0) is 27.5. The summed E-state index contributed by atoms with van der Waals surface area (Å²) < 4.78 is 0. The van der Waals surface area contributed by atoms with Crippen molar-refractivity contribution in [3.05, 3.63) is 47.6 Å². The number of rotatable bonds is 12. The Morgan fingerprint density at radius 2 is 1.22 bits per heavy atom. The molecule has 36 heavy (non-hydrogen) atoms. The SMILES string of the molecule is C=CCC(C)(C)CC(C)(C)CC1(C)CC2=C(C)C3C(CC3(C)CC(C)(C)CC(C)(C)CC=C)C(C)=C21. The van der Waals surface area contributed by atoms with E-state index >= 15 is 0 Å². The number of fused-ring (bicyclic) bond motifs is 2. The molecule has 0 N–H and O–H groups in total. The van der Waals surface area contributed by atoms with Crippen molar-refractivity contribution in [2.45, 2.75) is 134 Å². The predicted octanol–water partition coefficient (Wildman–Crippen LogP) is 11.5. The van der Waals surface area contributed by atoms with Gasteiger partial charge in [0.1, 0.15) is 0 Å². The highest BCUT2D eigenvalue weighted by Gasteiger charge is 2.59. The minimum atomic E-state index is 0.323. The van der Waals surface area contributed by atoms with Crippen molar-refractivity contribution in [2.24, 2.45) is 44.3 Å². The third-order valence-corrected chi connectivity index (χ3v) is 10.3. The quantitative estimate of drug-likeness (QED) is 0.238. The maximum atomic E-state index is 4.02. The number of hydrogen-bond acceptors (Lipinski definition) is 0. The largest absolute Gasteiger partial charge is 0.103 e. The zero-order valence-electron chi connectivity index (χ0n) is 26.4. The summed E-state index contributed by atoms with van der Waals surface area (Å²) in [4.78, 5) is 0. The van der Waals surface area contributed by atoms with E-state index in [1.54, 1.807) is 22.3 Å². The van der Waals surface area contributed by atoms with Gasteiger partial charge < -0.3 is 0 Å². The van der Waals surface area contributed by atoms with Crippen LogP contribution in [-0.2, 0) is 0 Å². The molecule has 0 heteroatoms. The molecule has 4 unspecified atom stereocenters. The summed E-state index contributed by atoms with van der Waals surface area (Å²) in [6.45, 7) is 38.0. The van der Waals surface area contributed by atoms with Crippen LogP contribution in [0.4, 0.5) is 0 Å². The summed E-state index contributed by atoms with van der Waals surface area (Å²) >= 11 is 0. The van der Waals surface area contributed by atoms with Crippen molar-refractivity contribution >= 4 is 0 Å². The van der Waals surface area contributed by atoms with E-state index in [4.69, 9.17) is 0 Å². The van der Waals surface area contributed by atoms with E-state index in [0.717, 1.165) is 24.7 Å². The first-order valence-electron chi connectivity index (χ1n) is 14.8. The Morgan fingerprint density at radius 1 is 0.750 bits per heavy atom. The third-order valence-electron chi connectivity index (χ3n) is 10.3. The van der Waals surface area contributed by atoms with Crippen molar-refractivity contribution in [2.75, 3.05) is 0 Å². The zero-order valence-corrected chi connectivity index (χ0v) is 26.4. The van der Waals surface area contributed by atoms with Crippen LogP contribution in [0.2, 0.25) is 0 Å². The average molecular weight is 493 g/mol. The molecule has 0 aliphatic heterocycles. The summed E-state index contributed by atoms with van der Waals surface area (Å²) in [5.74, 6) is 1.52. The molecule has 0 heterocycles. The molecule has 3 rings (SSSR count). The lowest BCUT2D eigenvalue weighted by Gasteiger charge is -2.64. The molecular weight excluding hydrogens is 432 g/mol. The molecule has 0 nitrogen and oxygen atoms in total. The monoisotopic (exact) mass is 492 g/mol. The highest BCUT2D eigenvalue weighted by atomic mass is 14.6. The van der Waals surface area contributed by atoms with Gasteiger partial charge in [-0.3, -0.25) is 0 Å². The lowest BCUT2D eigenvalue weighted by molar-refractivity contribution is -0.0363. The van der Waals surface area contributed by atoms with Crippen LogP contribution in [0.15, 0.2) is 47.6 Å². The predicted molar refractivity (Wildman–Crippen MR) is 161 cm³/mol. The summed E-state index contributed by atoms with van der Waals surface area (Å²) in [6.07, 6.45) is 14.2. The lowest BCUT2D eigenvalue weighted by atomic mass is 9.40. The van der Waals surface area contributed by atoms with Gasteiger partial charge in [0.15, 0.2) is 0 Å². The second kappa shape index (κ2) is 9.31. The molecule has 204 valence electrons. The fraction of sp³-hybridized carbons (Fsp3) is 0.778. The van der Waals surface area contributed by atoms with Crippen LogP contribution in [0, 0.1) is 44.3 Å². The summed E-state index contributed by atoms with van der Waals surface area (Å²) in [7, 11) is 0. The first-order chi connectivity index (χ1) is 16.2. The molecule has 2 saturated carbocycles. The Bertz CT molecular complexity index is 945. The summed E-state index contributed by atoms with van der Waals surface area (Å²) in [5.41, 5.74) is 9.13.